The molecular formula is C18H17ClFN7OS. The number of halogens is 2. The van der Waals surface area contributed by atoms with Crippen LogP contribution in [0.15, 0.2) is 58.8 Å². The predicted molar refractivity (Wildman–Crippen MR) is 112 cm³/mol. The van der Waals surface area contributed by atoms with Gasteiger partial charge in [0.2, 0.25) is 11.1 Å². The van der Waals surface area contributed by atoms with Crippen LogP contribution in [-0.4, -0.2) is 32.7 Å². The minimum atomic E-state index is -0.321. The van der Waals surface area contributed by atoms with E-state index < -0.39 is 0 Å². The van der Waals surface area contributed by atoms with Crippen LogP contribution in [0.3, 0.4) is 0 Å². The van der Waals surface area contributed by atoms with Crippen LogP contribution in [-0.2, 0) is 11.3 Å². The molecule has 1 aromatic heterocycles. The van der Waals surface area contributed by atoms with Crippen LogP contribution in [0.25, 0.3) is 0 Å². The maximum absolute atomic E-state index is 12.9. The average molecular weight is 434 g/mol. The van der Waals surface area contributed by atoms with Gasteiger partial charge < -0.3 is 11.2 Å². The number of nitrogens with two attached hydrogens (primary N) is 1. The summed E-state index contributed by atoms with van der Waals surface area (Å²) in [6.07, 6.45) is 1.53. The molecule has 0 saturated carbocycles. The van der Waals surface area contributed by atoms with Crippen LogP contribution in [0.4, 0.5) is 10.3 Å². The third-order valence-electron chi connectivity index (χ3n) is 3.67. The summed E-state index contributed by atoms with van der Waals surface area (Å²) in [7, 11) is 0. The molecule has 1 heterocycles. The fourth-order valence-corrected chi connectivity index (χ4v) is 3.05. The SMILES string of the molecule is Nn1c(N/N=C/c2ccccc2Cl)nnc1SCC(=O)NCc1ccc(F)cc1. The normalized spacial score (nSPS) is 11.0. The molecular weight excluding hydrogens is 417 g/mol. The molecule has 0 aliphatic carbocycles. The van der Waals surface area contributed by atoms with E-state index >= 15 is 0 Å². The predicted octanol–water partition coefficient (Wildman–Crippen LogP) is 2.64. The lowest BCUT2D eigenvalue weighted by atomic mass is 10.2. The van der Waals surface area contributed by atoms with Gasteiger partial charge in [0.15, 0.2) is 0 Å². The van der Waals surface area contributed by atoms with Crippen LogP contribution in [0.5, 0.6) is 0 Å². The first-order valence-electron chi connectivity index (χ1n) is 8.41. The van der Waals surface area contributed by atoms with E-state index in [0.29, 0.717) is 16.7 Å². The van der Waals surface area contributed by atoms with Gasteiger partial charge in [0, 0.05) is 17.1 Å². The topological polar surface area (TPSA) is 110 Å². The summed E-state index contributed by atoms with van der Waals surface area (Å²) >= 11 is 7.17. The van der Waals surface area contributed by atoms with Crippen molar-refractivity contribution in [3.8, 4) is 0 Å². The lowest BCUT2D eigenvalue weighted by Crippen LogP contribution is -2.25. The number of hydrogen-bond acceptors (Lipinski definition) is 7. The van der Waals surface area contributed by atoms with Crippen LogP contribution in [0.2, 0.25) is 5.02 Å². The number of aromatic nitrogens is 3. The summed E-state index contributed by atoms with van der Waals surface area (Å²) in [6, 6.07) is 13.1. The molecule has 1 amide bonds. The Morgan fingerprint density at radius 2 is 2.00 bits per heavy atom. The second kappa shape index (κ2) is 9.89. The molecule has 2 aromatic carbocycles. The van der Waals surface area contributed by atoms with Crippen molar-refractivity contribution in [1.82, 2.24) is 20.2 Å². The first-order chi connectivity index (χ1) is 14.0. The number of nitrogens with one attached hydrogen (secondary N) is 2. The quantitative estimate of drug-likeness (QED) is 0.218. The molecule has 0 fully saturated rings. The fourth-order valence-electron chi connectivity index (χ4n) is 2.18. The lowest BCUT2D eigenvalue weighted by Gasteiger charge is -2.05. The Morgan fingerprint density at radius 1 is 1.24 bits per heavy atom. The minimum absolute atomic E-state index is 0.0966. The van der Waals surface area contributed by atoms with E-state index in [2.05, 4.69) is 26.0 Å². The highest BCUT2D eigenvalue weighted by Crippen LogP contribution is 2.17. The number of nitrogens with zero attached hydrogens (tertiary/aromatic N) is 4. The number of thioether (sulfide) groups is 1. The van der Waals surface area contributed by atoms with Crippen LogP contribution >= 0.6 is 23.4 Å². The molecule has 4 N–H and O–H groups in total. The molecule has 8 nitrogen and oxygen atoms in total. The molecule has 150 valence electrons. The Hall–Kier alpha value is -3.11. The van der Waals surface area contributed by atoms with E-state index in [4.69, 9.17) is 17.4 Å². The van der Waals surface area contributed by atoms with Crippen molar-refractivity contribution in [3.05, 3.63) is 70.5 Å². The monoisotopic (exact) mass is 433 g/mol. The Kier molecular flexibility index (Phi) is 7.04. The standard InChI is InChI=1S/C18H17ClFN7OS/c19-15-4-2-1-3-13(15)10-23-24-17-25-26-18(27(17)21)29-11-16(28)22-9-12-5-7-14(20)8-6-12/h1-8,10H,9,11,21H2,(H,22,28)(H,24,25)/b23-10+. The van der Waals surface area contributed by atoms with Gasteiger partial charge >= 0.3 is 0 Å². The molecule has 0 spiro atoms. The van der Waals surface area contributed by atoms with Gasteiger partial charge in [-0.05, 0) is 23.8 Å². The maximum Gasteiger partial charge on any atom is 0.264 e. The zero-order valence-corrected chi connectivity index (χ0v) is 16.6. The third-order valence-corrected chi connectivity index (χ3v) is 4.96. The fraction of sp³-hybridized carbons (Fsp3) is 0.111. The van der Waals surface area contributed by atoms with Gasteiger partial charge in [-0.1, -0.05) is 53.7 Å². The number of amides is 1. The summed E-state index contributed by atoms with van der Waals surface area (Å²) in [6.45, 7) is 0.304. The number of carbonyl (C=O) groups is 1. The zero-order chi connectivity index (χ0) is 20.6. The first-order valence-corrected chi connectivity index (χ1v) is 9.77. The number of anilines is 1. The number of hydrogen-bond donors (Lipinski definition) is 3. The van der Waals surface area contributed by atoms with Gasteiger partial charge in [-0.25, -0.2) is 14.5 Å². The summed E-state index contributed by atoms with van der Waals surface area (Å²) in [5, 5.41) is 15.5. The van der Waals surface area contributed by atoms with Crippen LogP contribution in [0, 0.1) is 5.82 Å². The van der Waals surface area contributed by atoms with E-state index in [9.17, 15) is 9.18 Å². The number of nitrogen functional groups attached to an aromatic ring is 1. The lowest BCUT2D eigenvalue weighted by molar-refractivity contribution is -0.118. The molecule has 11 heteroatoms. The van der Waals surface area contributed by atoms with E-state index in [1.165, 1.54) is 23.0 Å². The van der Waals surface area contributed by atoms with E-state index in [-0.39, 0.29) is 23.4 Å². The van der Waals surface area contributed by atoms with Crippen molar-refractivity contribution in [2.75, 3.05) is 17.0 Å². The highest BCUT2D eigenvalue weighted by atomic mass is 35.5. The van der Waals surface area contributed by atoms with Crippen molar-refractivity contribution in [3.63, 3.8) is 0 Å². The van der Waals surface area contributed by atoms with E-state index in [1.54, 1.807) is 18.2 Å². The van der Waals surface area contributed by atoms with Gasteiger partial charge in [-0.2, -0.15) is 5.10 Å². The van der Waals surface area contributed by atoms with E-state index in [1.807, 2.05) is 18.2 Å². The van der Waals surface area contributed by atoms with Gasteiger partial charge in [-0.15, -0.1) is 10.2 Å². The Morgan fingerprint density at radius 3 is 2.76 bits per heavy atom. The number of hydrazone groups is 1. The molecule has 0 saturated heterocycles. The largest absolute Gasteiger partial charge is 0.351 e. The number of rotatable bonds is 8. The Balaban J connectivity index is 1.48. The van der Waals surface area contributed by atoms with Crippen molar-refractivity contribution in [2.45, 2.75) is 11.7 Å². The maximum atomic E-state index is 12.9. The summed E-state index contributed by atoms with van der Waals surface area (Å²) in [5.41, 5.74) is 4.21. The molecule has 0 bridgehead atoms. The minimum Gasteiger partial charge on any atom is -0.351 e. The molecule has 0 aliphatic heterocycles. The number of benzene rings is 2. The highest BCUT2D eigenvalue weighted by molar-refractivity contribution is 7.99. The molecule has 0 unspecified atom stereocenters. The first kappa shape index (κ1) is 20.6. The van der Waals surface area contributed by atoms with Crippen LogP contribution in [0.1, 0.15) is 11.1 Å². The molecule has 3 rings (SSSR count). The highest BCUT2D eigenvalue weighted by Gasteiger charge is 2.12. The van der Waals surface area contributed by atoms with Crippen molar-refractivity contribution in [1.29, 1.82) is 0 Å². The second-order valence-electron chi connectivity index (χ2n) is 5.76. The zero-order valence-electron chi connectivity index (χ0n) is 15.0. The molecule has 0 radical (unpaired) electrons. The Bertz CT molecular complexity index is 1010. The summed E-state index contributed by atoms with van der Waals surface area (Å²) in [5.74, 6) is 5.69. The smallest absolute Gasteiger partial charge is 0.264 e. The number of carbonyl (C=O) groups excluding carboxylic acids is 1. The van der Waals surface area contributed by atoms with E-state index in [0.717, 1.165) is 22.9 Å². The van der Waals surface area contributed by atoms with Crippen molar-refractivity contribution in [2.24, 2.45) is 5.10 Å². The molecule has 0 atom stereocenters. The van der Waals surface area contributed by atoms with Gasteiger partial charge in [0.05, 0.1) is 12.0 Å². The van der Waals surface area contributed by atoms with Crippen molar-refractivity contribution < 1.29 is 9.18 Å². The summed E-state index contributed by atoms with van der Waals surface area (Å²) in [4.78, 5) is 12.0. The average Bonchev–Trinajstić information content (AvgIpc) is 3.07. The molecule has 3 aromatic rings. The second-order valence-corrected chi connectivity index (χ2v) is 7.11. The Labute approximate surface area is 175 Å². The molecule has 0 aliphatic rings. The van der Waals surface area contributed by atoms with Crippen LogP contribution < -0.4 is 16.6 Å². The molecule has 29 heavy (non-hydrogen) atoms. The van der Waals surface area contributed by atoms with Gasteiger partial charge in [0.25, 0.3) is 5.95 Å². The summed E-state index contributed by atoms with van der Waals surface area (Å²) < 4.78 is 14.1. The van der Waals surface area contributed by atoms with Gasteiger partial charge in [0.1, 0.15) is 5.82 Å². The van der Waals surface area contributed by atoms with Crippen molar-refractivity contribution >= 4 is 41.4 Å². The van der Waals surface area contributed by atoms with Gasteiger partial charge in [-0.3, -0.25) is 4.79 Å². The third kappa shape index (κ3) is 5.93.